The van der Waals surface area contributed by atoms with Crippen LogP contribution in [0.4, 0.5) is 4.79 Å². The number of carbonyl (C=O) groups is 5. The Bertz CT molecular complexity index is 639. The van der Waals surface area contributed by atoms with Crippen molar-refractivity contribution < 1.29 is 28.7 Å². The Kier molecular flexibility index (Phi) is 4.97. The van der Waals surface area contributed by atoms with Crippen molar-refractivity contribution in [3.63, 3.8) is 0 Å². The van der Waals surface area contributed by atoms with E-state index in [4.69, 9.17) is 4.74 Å². The van der Waals surface area contributed by atoms with Crippen LogP contribution in [0.3, 0.4) is 0 Å². The minimum Gasteiger partial charge on any atom is -0.451 e. The maximum atomic E-state index is 12.5. The van der Waals surface area contributed by atoms with Gasteiger partial charge in [-0.15, -0.1) is 0 Å². The first kappa shape index (κ1) is 18.3. The molecule has 9 heteroatoms. The number of rotatable bonds is 4. The molecule has 1 aliphatic carbocycles. The van der Waals surface area contributed by atoms with E-state index in [2.05, 4.69) is 5.32 Å². The van der Waals surface area contributed by atoms with Gasteiger partial charge in [0.25, 0.3) is 5.91 Å². The van der Waals surface area contributed by atoms with Gasteiger partial charge < -0.3 is 10.1 Å². The highest BCUT2D eigenvalue weighted by Crippen LogP contribution is 2.38. The van der Waals surface area contributed by atoms with Crippen LogP contribution < -0.4 is 5.32 Å². The lowest BCUT2D eigenvalue weighted by Gasteiger charge is -2.24. The van der Waals surface area contributed by atoms with Crippen molar-refractivity contribution in [3.8, 4) is 0 Å². The van der Waals surface area contributed by atoms with Crippen molar-refractivity contribution >= 4 is 29.7 Å². The lowest BCUT2D eigenvalue weighted by Crippen LogP contribution is -2.47. The smallest absolute Gasteiger partial charge is 0.329 e. The maximum Gasteiger partial charge on any atom is 0.329 e. The summed E-state index contributed by atoms with van der Waals surface area (Å²) >= 11 is 0. The third-order valence-corrected chi connectivity index (χ3v) is 5.37. The molecule has 0 aromatic rings. The predicted octanol–water partition coefficient (Wildman–Crippen LogP) is 0.0336. The fourth-order valence-electron chi connectivity index (χ4n) is 3.90. The van der Waals surface area contributed by atoms with Crippen LogP contribution in [0.2, 0.25) is 0 Å². The third-order valence-electron chi connectivity index (χ3n) is 5.37. The molecule has 2 saturated heterocycles. The number of nitrogens with zero attached hydrogens (tertiary/aromatic N) is 2. The van der Waals surface area contributed by atoms with Crippen LogP contribution in [0.5, 0.6) is 0 Å². The average Bonchev–Trinajstić information content (AvgIpc) is 3.16. The Morgan fingerprint density at radius 2 is 1.65 bits per heavy atom. The molecule has 3 aliphatic rings. The fraction of sp³-hybridized carbons (Fsp3) is 0.706. The summed E-state index contributed by atoms with van der Waals surface area (Å²) < 4.78 is 5.14. The second-order valence-electron chi connectivity index (χ2n) is 7.02. The van der Waals surface area contributed by atoms with Crippen molar-refractivity contribution in [1.29, 1.82) is 0 Å². The van der Waals surface area contributed by atoms with Crippen LogP contribution in [0.1, 0.15) is 39.5 Å². The molecule has 26 heavy (non-hydrogen) atoms. The molecule has 5 amide bonds. The molecule has 4 atom stereocenters. The molecule has 0 unspecified atom stereocenters. The molecule has 1 N–H and O–H groups in total. The SMILES string of the molecule is C[C@@H](OC(=O)[C@H](C)N1C(=O)[C@H]2CCCC[C@@H]2C1=O)C(=O)N1CCNC1=O. The van der Waals surface area contributed by atoms with Gasteiger partial charge in [-0.25, -0.2) is 9.59 Å². The van der Waals surface area contributed by atoms with E-state index in [0.29, 0.717) is 19.4 Å². The molecule has 1 saturated carbocycles. The number of amides is 5. The topological polar surface area (TPSA) is 113 Å². The molecule has 9 nitrogen and oxygen atoms in total. The summed E-state index contributed by atoms with van der Waals surface area (Å²) in [4.78, 5) is 63.2. The summed E-state index contributed by atoms with van der Waals surface area (Å²) in [6.07, 6.45) is 1.94. The van der Waals surface area contributed by atoms with Gasteiger partial charge in [-0.3, -0.25) is 24.2 Å². The maximum absolute atomic E-state index is 12.5. The van der Waals surface area contributed by atoms with Crippen LogP contribution in [-0.4, -0.2) is 64.8 Å². The van der Waals surface area contributed by atoms with E-state index in [0.717, 1.165) is 22.6 Å². The summed E-state index contributed by atoms with van der Waals surface area (Å²) in [7, 11) is 0. The number of hydrogen-bond donors (Lipinski definition) is 1. The molecule has 3 rings (SSSR count). The van der Waals surface area contributed by atoms with Crippen LogP contribution in [0.15, 0.2) is 0 Å². The number of esters is 1. The highest BCUT2D eigenvalue weighted by molar-refractivity contribution is 6.08. The van der Waals surface area contributed by atoms with Gasteiger partial charge in [0.2, 0.25) is 11.8 Å². The quantitative estimate of drug-likeness (QED) is 0.556. The van der Waals surface area contributed by atoms with Crippen molar-refractivity contribution in [2.24, 2.45) is 11.8 Å². The van der Waals surface area contributed by atoms with Crippen molar-refractivity contribution in [1.82, 2.24) is 15.1 Å². The van der Waals surface area contributed by atoms with E-state index < -0.39 is 30.1 Å². The number of hydrogen-bond acceptors (Lipinski definition) is 6. The molecule has 2 aliphatic heterocycles. The van der Waals surface area contributed by atoms with E-state index in [1.54, 1.807) is 0 Å². The van der Waals surface area contributed by atoms with Gasteiger partial charge >= 0.3 is 12.0 Å². The molecule has 0 aromatic carbocycles. The van der Waals surface area contributed by atoms with Crippen molar-refractivity contribution in [3.05, 3.63) is 0 Å². The monoisotopic (exact) mass is 365 g/mol. The average molecular weight is 365 g/mol. The van der Waals surface area contributed by atoms with Gasteiger partial charge in [0, 0.05) is 13.1 Å². The summed E-state index contributed by atoms with van der Waals surface area (Å²) in [6, 6.07) is -1.62. The summed E-state index contributed by atoms with van der Waals surface area (Å²) in [5, 5.41) is 2.49. The first-order chi connectivity index (χ1) is 12.3. The number of urea groups is 1. The van der Waals surface area contributed by atoms with Crippen LogP contribution in [-0.2, 0) is 23.9 Å². The van der Waals surface area contributed by atoms with Gasteiger partial charge in [-0.2, -0.15) is 0 Å². The Balaban J connectivity index is 1.64. The highest BCUT2D eigenvalue weighted by atomic mass is 16.5. The van der Waals surface area contributed by atoms with Gasteiger partial charge in [-0.05, 0) is 26.7 Å². The van der Waals surface area contributed by atoms with Crippen LogP contribution >= 0.6 is 0 Å². The molecule has 0 aromatic heterocycles. The van der Waals surface area contributed by atoms with Gasteiger partial charge in [0.1, 0.15) is 6.04 Å². The van der Waals surface area contributed by atoms with Gasteiger partial charge in [0.05, 0.1) is 11.8 Å². The first-order valence-electron chi connectivity index (χ1n) is 8.99. The number of nitrogens with one attached hydrogen (secondary N) is 1. The van der Waals surface area contributed by atoms with E-state index >= 15 is 0 Å². The molecule has 0 spiro atoms. The molecule has 3 fully saturated rings. The minimum atomic E-state index is -1.18. The van der Waals surface area contributed by atoms with E-state index in [1.165, 1.54) is 13.8 Å². The summed E-state index contributed by atoms with van der Waals surface area (Å²) in [6.45, 7) is 3.35. The fourth-order valence-corrected chi connectivity index (χ4v) is 3.90. The number of ether oxygens (including phenoxy) is 1. The minimum absolute atomic E-state index is 0.210. The summed E-state index contributed by atoms with van der Waals surface area (Å²) in [5.74, 6) is -2.82. The van der Waals surface area contributed by atoms with Gasteiger partial charge in [0.15, 0.2) is 6.10 Å². The second kappa shape index (κ2) is 7.05. The Morgan fingerprint density at radius 3 is 2.15 bits per heavy atom. The standard InChI is InChI=1S/C17H23N3O6/c1-9(20-14(22)11-5-3-4-6-12(11)15(20)23)16(24)26-10(2)13(21)19-8-7-18-17(19)25/h9-12H,3-8H2,1-2H3,(H,18,25)/t9-,10+,11-,12-/m0/s1. The number of fused-ring (bicyclic) bond motifs is 1. The predicted molar refractivity (Wildman–Crippen MR) is 87.4 cm³/mol. The molecule has 0 bridgehead atoms. The summed E-state index contributed by atoms with van der Waals surface area (Å²) in [5.41, 5.74) is 0. The van der Waals surface area contributed by atoms with Crippen LogP contribution in [0, 0.1) is 11.8 Å². The highest BCUT2D eigenvalue weighted by Gasteiger charge is 2.51. The van der Waals surface area contributed by atoms with E-state index in [9.17, 15) is 24.0 Å². The number of carbonyl (C=O) groups excluding carboxylic acids is 5. The number of imide groups is 2. The van der Waals surface area contributed by atoms with E-state index in [-0.39, 0.29) is 30.2 Å². The lowest BCUT2D eigenvalue weighted by molar-refractivity contribution is -0.165. The first-order valence-corrected chi connectivity index (χ1v) is 8.99. The molecule has 2 heterocycles. The Morgan fingerprint density at radius 1 is 1.08 bits per heavy atom. The zero-order valence-electron chi connectivity index (χ0n) is 14.9. The molecule has 0 radical (unpaired) electrons. The largest absolute Gasteiger partial charge is 0.451 e. The van der Waals surface area contributed by atoms with Crippen molar-refractivity contribution in [2.75, 3.05) is 13.1 Å². The number of likely N-dealkylation sites (tertiary alicyclic amines) is 1. The zero-order valence-corrected chi connectivity index (χ0v) is 14.9. The lowest BCUT2D eigenvalue weighted by atomic mass is 9.81. The molecular weight excluding hydrogens is 342 g/mol. The van der Waals surface area contributed by atoms with Crippen molar-refractivity contribution in [2.45, 2.75) is 51.7 Å². The van der Waals surface area contributed by atoms with Gasteiger partial charge in [-0.1, -0.05) is 12.8 Å². The Labute approximate surface area is 151 Å². The molecular formula is C17H23N3O6. The Hall–Kier alpha value is -2.45. The second-order valence-corrected chi connectivity index (χ2v) is 7.02. The van der Waals surface area contributed by atoms with E-state index in [1.807, 2.05) is 0 Å². The third kappa shape index (κ3) is 3.06. The molecule has 142 valence electrons. The zero-order chi connectivity index (χ0) is 19.0. The normalized spacial score (nSPS) is 27.8. The van der Waals surface area contributed by atoms with Crippen LogP contribution in [0.25, 0.3) is 0 Å².